The first-order valence-electron chi connectivity index (χ1n) is 1.75. The number of hydrogen-bond acceptors (Lipinski definition) is 8. The average Bonchev–Trinajstić information content (AvgIpc) is 1.83. The molecule has 0 heterocycles. The van der Waals surface area contributed by atoms with Crippen LogP contribution in [-0.2, 0) is 33.7 Å². The van der Waals surface area contributed by atoms with Crippen molar-refractivity contribution in [3.05, 3.63) is 0 Å². The Morgan fingerprint density at radius 2 is 1.50 bits per heavy atom. The van der Waals surface area contributed by atoms with Crippen molar-refractivity contribution in [2.75, 3.05) is 0 Å². The van der Waals surface area contributed by atoms with Gasteiger partial charge in [0.1, 0.15) is 0 Å². The van der Waals surface area contributed by atoms with E-state index in [0.29, 0.717) is 0 Å². The molecule has 0 unspecified atom stereocenters. The predicted octanol–water partition coefficient (Wildman–Crippen LogP) is -2.78. The van der Waals surface area contributed by atoms with Crippen molar-refractivity contribution in [3.8, 4) is 0 Å². The van der Waals surface area contributed by atoms with Crippen LogP contribution in [0.2, 0.25) is 0 Å². The first-order chi connectivity index (χ1) is 4.77. The van der Waals surface area contributed by atoms with Crippen LogP contribution >= 0.6 is 0 Å². The summed E-state index contributed by atoms with van der Waals surface area (Å²) in [6.45, 7) is 0. The van der Waals surface area contributed by atoms with Gasteiger partial charge in [-0.05, 0) is 0 Å². The van der Waals surface area contributed by atoms with Gasteiger partial charge in [-0.2, -0.15) is 27.0 Å². The van der Waals surface area contributed by atoms with Crippen LogP contribution in [0, 0.1) is 0 Å². The monoisotopic (exact) mass is 249 g/mol. The first-order valence-corrected chi connectivity index (χ1v) is 4.45. The van der Waals surface area contributed by atoms with Crippen LogP contribution < -0.4 is 5.90 Å². The van der Waals surface area contributed by atoms with Crippen molar-refractivity contribution in [2.24, 2.45) is 5.90 Å². The van der Waals surface area contributed by atoms with Crippen molar-refractivity contribution < 1.29 is 34.3 Å². The summed E-state index contributed by atoms with van der Waals surface area (Å²) < 4.78 is 56.0. The summed E-state index contributed by atoms with van der Waals surface area (Å²) in [6.07, 6.45) is 0. The Bertz CT molecular complexity index is 298. The van der Waals surface area contributed by atoms with Crippen LogP contribution in [0.5, 0.6) is 0 Å². The van der Waals surface area contributed by atoms with E-state index in [0.717, 1.165) is 0 Å². The standard InChI is InChI=1S/K.H3NO8S2.H/c;1-7-11(5,6)9-8-10(2,3)4;/h;1H2,(H,2,3,4);. The van der Waals surface area contributed by atoms with Crippen LogP contribution in [0.1, 0.15) is 0 Å². The Hall–Kier alpha value is 1.34. The van der Waals surface area contributed by atoms with Gasteiger partial charge in [-0.3, -0.25) is 4.55 Å². The van der Waals surface area contributed by atoms with E-state index >= 15 is 0 Å². The van der Waals surface area contributed by atoms with Gasteiger partial charge < -0.3 is 0 Å². The normalized spacial score (nSPS) is 12.2. The van der Waals surface area contributed by atoms with E-state index in [1.54, 1.807) is 0 Å². The van der Waals surface area contributed by atoms with Gasteiger partial charge in [0.2, 0.25) is 0 Å². The molecule has 0 aliphatic heterocycles. The van der Waals surface area contributed by atoms with E-state index in [2.05, 4.69) is 18.8 Å². The summed E-state index contributed by atoms with van der Waals surface area (Å²) in [4.78, 5) is 0. The molecule has 0 radical (unpaired) electrons. The molecule has 0 aromatic rings. The molecular formula is H4KNO8S2. The van der Waals surface area contributed by atoms with Crippen molar-refractivity contribution in [1.29, 1.82) is 0 Å². The van der Waals surface area contributed by atoms with Gasteiger partial charge in [-0.15, -0.1) is 0 Å². The van der Waals surface area contributed by atoms with Crippen molar-refractivity contribution in [2.45, 2.75) is 0 Å². The first kappa shape index (κ1) is 15.8. The number of rotatable bonds is 4. The molecule has 0 bridgehead atoms. The topological polar surface area (TPSA) is 142 Å². The molecule has 0 saturated heterocycles. The van der Waals surface area contributed by atoms with Crippen molar-refractivity contribution >= 4 is 72.2 Å². The average molecular weight is 249 g/mol. The molecule has 0 rings (SSSR count). The molecule has 0 atom stereocenters. The zero-order chi connectivity index (χ0) is 9.12. The number of nitrogens with two attached hydrogens (primary N) is 1. The van der Waals surface area contributed by atoms with Crippen LogP contribution in [0.15, 0.2) is 0 Å². The molecule has 0 aliphatic rings. The van der Waals surface area contributed by atoms with Gasteiger partial charge >= 0.3 is 72.2 Å². The molecule has 12 heteroatoms. The Balaban J connectivity index is 0. The second-order valence-electron chi connectivity index (χ2n) is 1.07. The molecule has 0 aliphatic carbocycles. The Morgan fingerprint density at radius 3 is 1.75 bits per heavy atom. The molecular weight excluding hydrogens is 245 g/mol. The summed E-state index contributed by atoms with van der Waals surface area (Å²) in [5, 5.41) is 0. The van der Waals surface area contributed by atoms with Crippen LogP contribution in [0.25, 0.3) is 0 Å². The molecule has 0 fully saturated rings. The summed E-state index contributed by atoms with van der Waals surface area (Å²) >= 11 is 0. The van der Waals surface area contributed by atoms with Crippen molar-refractivity contribution in [3.63, 3.8) is 0 Å². The molecule has 12 heavy (non-hydrogen) atoms. The fourth-order valence-corrected chi connectivity index (χ4v) is 0.670. The molecule has 0 amide bonds. The molecule has 70 valence electrons. The van der Waals surface area contributed by atoms with Crippen LogP contribution in [0.3, 0.4) is 0 Å². The van der Waals surface area contributed by atoms with Gasteiger partial charge in [0.15, 0.2) is 0 Å². The van der Waals surface area contributed by atoms with E-state index < -0.39 is 20.8 Å². The van der Waals surface area contributed by atoms with Gasteiger partial charge in [-0.25, -0.2) is 0 Å². The Kier molecular flexibility index (Phi) is 7.82. The molecule has 3 N–H and O–H groups in total. The summed E-state index contributed by atoms with van der Waals surface area (Å²) in [5.74, 6) is 4.07. The third kappa shape index (κ3) is 9.42. The third-order valence-corrected chi connectivity index (χ3v) is 1.11. The van der Waals surface area contributed by atoms with Crippen LogP contribution in [-0.4, -0.2) is 72.8 Å². The maximum absolute atomic E-state index is 9.98. The molecule has 0 aromatic carbocycles. The second-order valence-corrected chi connectivity index (χ2v) is 3.20. The third-order valence-electron chi connectivity index (χ3n) is 0.315. The van der Waals surface area contributed by atoms with Gasteiger partial charge in [0.05, 0.1) is 0 Å². The second kappa shape index (κ2) is 5.94. The zero-order valence-electron chi connectivity index (χ0n) is 4.70. The fourth-order valence-electron chi connectivity index (χ4n) is 0.0852. The summed E-state index contributed by atoms with van der Waals surface area (Å²) in [6, 6.07) is 0. The van der Waals surface area contributed by atoms with Gasteiger partial charge in [0.25, 0.3) is 0 Å². The maximum atomic E-state index is 9.98. The SMILES string of the molecule is NOS(=O)(=O)OOS(=O)(=O)O.[KH]. The minimum absolute atomic E-state index is 0. The Labute approximate surface area is 111 Å². The molecule has 0 aromatic heterocycles. The quantitative estimate of drug-likeness (QED) is 0.234. The summed E-state index contributed by atoms with van der Waals surface area (Å²) in [5.41, 5.74) is 0. The van der Waals surface area contributed by atoms with E-state index in [9.17, 15) is 16.8 Å². The number of hydrogen-bond donors (Lipinski definition) is 2. The van der Waals surface area contributed by atoms with E-state index in [4.69, 9.17) is 4.55 Å². The molecule has 0 spiro atoms. The van der Waals surface area contributed by atoms with Crippen LogP contribution in [0.4, 0.5) is 0 Å². The minimum atomic E-state index is -5.00. The summed E-state index contributed by atoms with van der Waals surface area (Å²) in [7, 11) is -9.74. The molecule has 0 saturated carbocycles. The predicted molar refractivity (Wildman–Crippen MR) is 35.1 cm³/mol. The Morgan fingerprint density at radius 1 is 1.08 bits per heavy atom. The fraction of sp³-hybridized carbons (Fsp3) is 0. The zero-order valence-corrected chi connectivity index (χ0v) is 6.33. The van der Waals surface area contributed by atoms with E-state index in [1.807, 2.05) is 0 Å². The van der Waals surface area contributed by atoms with E-state index in [1.165, 1.54) is 0 Å². The molecule has 9 nitrogen and oxygen atoms in total. The van der Waals surface area contributed by atoms with E-state index in [-0.39, 0.29) is 51.4 Å². The van der Waals surface area contributed by atoms with Gasteiger partial charge in [0, 0.05) is 0 Å². The van der Waals surface area contributed by atoms with Crippen molar-refractivity contribution in [1.82, 2.24) is 0 Å². The van der Waals surface area contributed by atoms with Gasteiger partial charge in [-0.1, -0.05) is 8.67 Å².